The van der Waals surface area contributed by atoms with Gasteiger partial charge in [0.15, 0.2) is 16.6 Å². The monoisotopic (exact) mass is 449 g/mol. The van der Waals surface area contributed by atoms with Crippen LogP contribution in [0.1, 0.15) is 30.0 Å². The Balaban J connectivity index is 2.32. The molecule has 2 unspecified atom stereocenters. The van der Waals surface area contributed by atoms with Crippen LogP contribution in [0.15, 0.2) is 33.5 Å². The number of halogens is 5. The van der Waals surface area contributed by atoms with Crippen LogP contribution in [0.5, 0.6) is 0 Å². The largest absolute Gasteiger partial charge is 0.616 e. The van der Waals surface area contributed by atoms with Crippen molar-refractivity contribution in [1.82, 2.24) is 4.57 Å². The van der Waals surface area contributed by atoms with Crippen LogP contribution in [0.4, 0.5) is 17.6 Å². The molecule has 10 heteroatoms. The molecular formula is C19H16ClF4NO3S. The maximum Gasteiger partial charge on any atom is 0.431 e. The van der Waals surface area contributed by atoms with E-state index < -0.39 is 39.7 Å². The topological polar surface area (TPSA) is 58.2 Å². The molecule has 3 rings (SSSR count). The number of pyridine rings is 1. The van der Waals surface area contributed by atoms with Crippen molar-refractivity contribution < 1.29 is 26.5 Å². The number of alkyl halides is 3. The normalized spacial score (nSPS) is 14.4. The van der Waals surface area contributed by atoms with Gasteiger partial charge in [0, 0.05) is 18.0 Å². The smallest absolute Gasteiger partial charge is 0.431 e. The zero-order valence-electron chi connectivity index (χ0n) is 15.6. The van der Waals surface area contributed by atoms with Gasteiger partial charge in [-0.1, -0.05) is 18.5 Å². The van der Waals surface area contributed by atoms with Crippen LogP contribution in [0.25, 0.3) is 22.1 Å². The van der Waals surface area contributed by atoms with E-state index in [4.69, 9.17) is 16.0 Å². The number of nitrogens with zero attached hydrogens (tertiary/aromatic N) is 1. The van der Waals surface area contributed by atoms with Gasteiger partial charge in [0.05, 0.1) is 16.8 Å². The molecule has 0 aliphatic carbocycles. The number of furan rings is 1. The van der Waals surface area contributed by atoms with E-state index in [0.717, 1.165) is 19.2 Å². The average Bonchev–Trinajstić information content (AvgIpc) is 3.02. The molecule has 156 valence electrons. The number of hydrogen-bond acceptors (Lipinski definition) is 3. The lowest BCUT2D eigenvalue weighted by atomic mass is 10.0. The zero-order chi connectivity index (χ0) is 21.7. The summed E-state index contributed by atoms with van der Waals surface area (Å²) in [5.41, 5.74) is -2.58. The molecule has 29 heavy (non-hydrogen) atoms. The number of benzene rings is 1. The molecular weight excluding hydrogens is 434 g/mol. The van der Waals surface area contributed by atoms with Crippen molar-refractivity contribution in [2.24, 2.45) is 7.05 Å². The van der Waals surface area contributed by atoms with Crippen molar-refractivity contribution in [3.8, 4) is 11.1 Å². The highest BCUT2D eigenvalue weighted by Gasteiger charge is 2.34. The molecule has 0 aliphatic rings. The summed E-state index contributed by atoms with van der Waals surface area (Å²) in [5, 5.41) is -0.413. The Hall–Kier alpha value is -1.97. The molecule has 2 aromatic heterocycles. The van der Waals surface area contributed by atoms with Crippen LogP contribution in [-0.4, -0.2) is 15.4 Å². The van der Waals surface area contributed by atoms with Crippen molar-refractivity contribution >= 4 is 33.7 Å². The van der Waals surface area contributed by atoms with E-state index in [2.05, 4.69) is 0 Å². The van der Waals surface area contributed by atoms with Gasteiger partial charge in [-0.25, -0.2) is 4.39 Å². The molecule has 3 aromatic rings. The Kier molecular flexibility index (Phi) is 5.77. The summed E-state index contributed by atoms with van der Waals surface area (Å²) < 4.78 is 72.1. The fourth-order valence-electron chi connectivity index (χ4n) is 3.29. The number of rotatable bonds is 4. The molecule has 2 atom stereocenters. The molecule has 0 bridgehead atoms. The molecule has 1 aromatic carbocycles. The summed E-state index contributed by atoms with van der Waals surface area (Å²) in [5.74, 6) is -0.585. The number of aromatic nitrogens is 1. The van der Waals surface area contributed by atoms with E-state index in [1.54, 1.807) is 6.92 Å². The van der Waals surface area contributed by atoms with Gasteiger partial charge in [-0.2, -0.15) is 13.2 Å². The maximum absolute atomic E-state index is 14.8. The van der Waals surface area contributed by atoms with E-state index in [0.29, 0.717) is 22.8 Å². The van der Waals surface area contributed by atoms with E-state index in [9.17, 15) is 26.9 Å². The Morgan fingerprint density at radius 3 is 2.52 bits per heavy atom. The molecule has 0 amide bonds. The predicted molar refractivity (Wildman–Crippen MR) is 104 cm³/mol. The van der Waals surface area contributed by atoms with Gasteiger partial charge in [-0.05, 0) is 41.9 Å². The third-order valence-corrected chi connectivity index (χ3v) is 6.33. The van der Waals surface area contributed by atoms with Crippen LogP contribution in [0.3, 0.4) is 0 Å². The SMILES string of the molecule is CCC(c1cc2c(-c3ccc(C(F)(F)F)n(C)c3=O)c(F)cc(Cl)c2o1)[S+](C)[O-]. The van der Waals surface area contributed by atoms with Crippen molar-refractivity contribution in [3.63, 3.8) is 0 Å². The highest BCUT2D eigenvalue weighted by atomic mass is 35.5. The van der Waals surface area contributed by atoms with Crippen LogP contribution in [-0.2, 0) is 24.4 Å². The molecule has 4 nitrogen and oxygen atoms in total. The molecule has 0 radical (unpaired) electrons. The third-order valence-electron chi connectivity index (χ3n) is 4.68. The van der Waals surface area contributed by atoms with Crippen LogP contribution < -0.4 is 5.56 Å². The molecule has 0 saturated carbocycles. The van der Waals surface area contributed by atoms with Gasteiger partial charge in [0.1, 0.15) is 11.5 Å². The second-order valence-corrected chi connectivity index (χ2v) is 8.47. The molecule has 2 heterocycles. The first-order valence-electron chi connectivity index (χ1n) is 8.48. The van der Waals surface area contributed by atoms with Gasteiger partial charge in [-0.3, -0.25) is 4.79 Å². The predicted octanol–water partition coefficient (Wildman–Crippen LogP) is 5.44. The maximum atomic E-state index is 14.8. The summed E-state index contributed by atoms with van der Waals surface area (Å²) in [6.45, 7) is 1.80. The van der Waals surface area contributed by atoms with Gasteiger partial charge < -0.3 is 13.5 Å². The Bertz CT molecular complexity index is 1140. The highest BCUT2D eigenvalue weighted by molar-refractivity contribution is 7.90. The fraction of sp³-hybridized carbons (Fsp3) is 0.316. The molecule has 0 N–H and O–H groups in total. The van der Waals surface area contributed by atoms with Gasteiger partial charge in [0.2, 0.25) is 0 Å². The number of hydrogen-bond donors (Lipinski definition) is 0. The molecule has 0 saturated heterocycles. The van der Waals surface area contributed by atoms with Crippen molar-refractivity contribution in [1.29, 1.82) is 0 Å². The zero-order valence-corrected chi connectivity index (χ0v) is 17.1. The Labute approximate surface area is 171 Å². The third kappa shape index (κ3) is 3.78. The van der Waals surface area contributed by atoms with Gasteiger partial charge in [-0.15, -0.1) is 0 Å². The minimum Gasteiger partial charge on any atom is -0.616 e. The second kappa shape index (κ2) is 7.70. The van der Waals surface area contributed by atoms with E-state index in [-0.39, 0.29) is 27.1 Å². The molecule has 0 fully saturated rings. The summed E-state index contributed by atoms with van der Waals surface area (Å²) in [6.07, 6.45) is -2.76. The van der Waals surface area contributed by atoms with Gasteiger partial charge in [0.25, 0.3) is 5.56 Å². The first-order valence-corrected chi connectivity index (χ1v) is 10.5. The molecule has 0 aliphatic heterocycles. The lowest BCUT2D eigenvalue weighted by molar-refractivity contribution is -0.143. The van der Waals surface area contributed by atoms with Gasteiger partial charge >= 0.3 is 6.18 Å². The minimum absolute atomic E-state index is 0.0621. The van der Waals surface area contributed by atoms with Crippen molar-refractivity contribution in [2.75, 3.05) is 6.26 Å². The van der Waals surface area contributed by atoms with Crippen LogP contribution in [0, 0.1) is 5.82 Å². The Morgan fingerprint density at radius 2 is 1.97 bits per heavy atom. The fourth-order valence-corrected chi connectivity index (χ4v) is 4.44. The van der Waals surface area contributed by atoms with Crippen LogP contribution >= 0.6 is 11.6 Å². The summed E-state index contributed by atoms with van der Waals surface area (Å²) in [6, 6.07) is 4.02. The van der Waals surface area contributed by atoms with Crippen molar-refractivity contribution in [2.45, 2.75) is 24.8 Å². The average molecular weight is 450 g/mol. The quantitative estimate of drug-likeness (QED) is 0.393. The van der Waals surface area contributed by atoms with E-state index in [1.165, 1.54) is 12.3 Å². The standard InChI is InChI=1S/C19H16ClF4NO3S/c1-4-14(29(3)27)13-7-10-16(12(21)8-11(20)17(10)28-13)9-5-6-15(19(22,23)24)25(2)18(9)26/h5-8,14H,4H2,1-3H3. The summed E-state index contributed by atoms with van der Waals surface area (Å²) >= 11 is 4.79. The lowest BCUT2D eigenvalue weighted by Gasteiger charge is -2.14. The molecule has 0 spiro atoms. The highest BCUT2D eigenvalue weighted by Crippen LogP contribution is 2.40. The second-order valence-electron chi connectivity index (χ2n) is 6.50. The first-order chi connectivity index (χ1) is 13.5. The Morgan fingerprint density at radius 1 is 1.31 bits per heavy atom. The van der Waals surface area contributed by atoms with Crippen LogP contribution in [0.2, 0.25) is 5.02 Å². The number of fused-ring (bicyclic) bond motifs is 1. The summed E-state index contributed by atoms with van der Waals surface area (Å²) in [4.78, 5) is 12.6. The van der Waals surface area contributed by atoms with E-state index in [1.807, 2.05) is 0 Å². The van der Waals surface area contributed by atoms with Crippen molar-refractivity contribution in [3.05, 3.63) is 56.9 Å². The lowest BCUT2D eigenvalue weighted by Crippen LogP contribution is -2.26. The summed E-state index contributed by atoms with van der Waals surface area (Å²) in [7, 11) is 0.966. The first kappa shape index (κ1) is 21.7. The van der Waals surface area contributed by atoms with E-state index >= 15 is 0 Å². The minimum atomic E-state index is -4.73.